The summed E-state index contributed by atoms with van der Waals surface area (Å²) in [6, 6.07) is 15.1. The van der Waals surface area contributed by atoms with Crippen LogP contribution >= 0.6 is 0 Å². The Bertz CT molecular complexity index is 1060. The van der Waals surface area contributed by atoms with Gasteiger partial charge in [0.05, 0.1) is 0 Å². The van der Waals surface area contributed by atoms with Gasteiger partial charge in [-0.2, -0.15) is 0 Å². The van der Waals surface area contributed by atoms with Gasteiger partial charge >= 0.3 is 11.9 Å². The maximum Gasteiger partial charge on any atom is 0.348 e. The van der Waals surface area contributed by atoms with Gasteiger partial charge in [-0.3, -0.25) is 0 Å². The van der Waals surface area contributed by atoms with E-state index in [9.17, 15) is 30.0 Å². The molecule has 0 saturated heterocycles. The molecule has 0 saturated carbocycles. The van der Waals surface area contributed by atoms with Crippen molar-refractivity contribution in [3.8, 4) is 0 Å². The Hall–Kier alpha value is -3.62. The molecule has 0 aliphatic rings. The first-order valence-corrected chi connectivity index (χ1v) is 8.18. The predicted molar refractivity (Wildman–Crippen MR) is 95.5 cm³/mol. The molecule has 8 heteroatoms. The number of benzene rings is 2. The van der Waals surface area contributed by atoms with Gasteiger partial charge in [0.1, 0.15) is 11.2 Å². The van der Waals surface area contributed by atoms with E-state index < -0.39 is 34.7 Å². The summed E-state index contributed by atoms with van der Waals surface area (Å²) >= 11 is 0. The molecule has 2 heterocycles. The number of carbonyl (C=O) groups is 2. The van der Waals surface area contributed by atoms with Crippen LogP contribution in [-0.4, -0.2) is 32.4 Å². The van der Waals surface area contributed by atoms with Gasteiger partial charge in [0.2, 0.25) is 0 Å². The average molecular weight is 382 g/mol. The number of carboxylic acids is 2. The molecule has 8 nitrogen and oxygen atoms in total. The van der Waals surface area contributed by atoms with Crippen molar-refractivity contribution in [1.82, 2.24) is 0 Å². The zero-order valence-corrected chi connectivity index (χ0v) is 14.2. The van der Waals surface area contributed by atoms with E-state index in [1.165, 1.54) is 24.3 Å². The molecule has 0 aliphatic heterocycles. The van der Waals surface area contributed by atoms with Gasteiger partial charge in [-0.15, -0.1) is 0 Å². The van der Waals surface area contributed by atoms with Crippen molar-refractivity contribution < 1.29 is 38.8 Å². The van der Waals surface area contributed by atoms with Crippen LogP contribution in [0.1, 0.15) is 11.5 Å². The highest BCUT2D eigenvalue weighted by molar-refractivity contribution is 5.94. The average Bonchev–Trinajstić information content (AvgIpc) is 3.30. The number of aliphatic carboxylic acids is 2. The second-order valence-corrected chi connectivity index (χ2v) is 6.33. The summed E-state index contributed by atoms with van der Waals surface area (Å²) in [5.74, 6) is -5.33. The lowest BCUT2D eigenvalue weighted by atomic mass is 9.78. The van der Waals surface area contributed by atoms with Crippen LogP contribution in [0.4, 0.5) is 0 Å². The maximum absolute atomic E-state index is 12.1. The van der Waals surface area contributed by atoms with Gasteiger partial charge < -0.3 is 29.3 Å². The first-order valence-electron chi connectivity index (χ1n) is 8.18. The van der Waals surface area contributed by atoms with Crippen molar-refractivity contribution in [2.45, 2.75) is 11.2 Å². The van der Waals surface area contributed by atoms with E-state index in [-0.39, 0.29) is 11.2 Å². The highest BCUT2D eigenvalue weighted by Gasteiger charge is 2.67. The molecule has 28 heavy (non-hydrogen) atoms. The van der Waals surface area contributed by atoms with Crippen LogP contribution in [0.25, 0.3) is 21.9 Å². The molecule has 4 N–H and O–H groups in total. The number of fused-ring (bicyclic) bond motifs is 2. The normalized spacial score (nSPS) is 15.9. The maximum atomic E-state index is 12.1. The van der Waals surface area contributed by atoms with Gasteiger partial charge in [-0.1, -0.05) is 36.4 Å². The second-order valence-electron chi connectivity index (χ2n) is 6.33. The Morgan fingerprint density at radius 1 is 0.679 bits per heavy atom. The molecule has 0 spiro atoms. The monoisotopic (exact) mass is 382 g/mol. The van der Waals surface area contributed by atoms with Crippen molar-refractivity contribution in [3.63, 3.8) is 0 Å². The van der Waals surface area contributed by atoms with Crippen molar-refractivity contribution in [3.05, 3.63) is 72.2 Å². The smallest absolute Gasteiger partial charge is 0.348 e. The van der Waals surface area contributed by atoms with Crippen LogP contribution in [0, 0.1) is 0 Å². The van der Waals surface area contributed by atoms with Gasteiger partial charge in [0, 0.05) is 10.8 Å². The zero-order valence-electron chi connectivity index (χ0n) is 14.2. The summed E-state index contributed by atoms with van der Waals surface area (Å²) in [6.45, 7) is 0. The first-order chi connectivity index (χ1) is 13.3. The summed E-state index contributed by atoms with van der Waals surface area (Å²) in [5, 5.41) is 42.5. The summed E-state index contributed by atoms with van der Waals surface area (Å²) in [7, 11) is 0. The van der Waals surface area contributed by atoms with Gasteiger partial charge in [0.15, 0.2) is 11.5 Å². The van der Waals surface area contributed by atoms with E-state index in [0.29, 0.717) is 10.8 Å². The standard InChI is InChI=1S/C20H14O8/c21-17(22)19(25,15-9-11-5-1-3-7-13(11)27-15)20(26,18(23)24)16-10-12-6-2-4-8-14(12)28-16/h1-10,25-26H,(H,21,22)(H,23,24). The van der Waals surface area contributed by atoms with Crippen LogP contribution in [0.3, 0.4) is 0 Å². The number of carboxylic acid groups (broad SMARTS) is 2. The summed E-state index contributed by atoms with van der Waals surface area (Å²) in [4.78, 5) is 24.1. The summed E-state index contributed by atoms with van der Waals surface area (Å²) in [5.41, 5.74) is -6.30. The van der Waals surface area contributed by atoms with E-state index >= 15 is 0 Å². The number of hydrogen-bond donors (Lipinski definition) is 4. The fourth-order valence-corrected chi connectivity index (χ4v) is 3.20. The Morgan fingerprint density at radius 2 is 1.04 bits per heavy atom. The molecule has 0 fully saturated rings. The third kappa shape index (κ3) is 2.25. The third-order valence-electron chi connectivity index (χ3n) is 4.71. The fraction of sp³-hybridized carbons (Fsp3) is 0.100. The number of aliphatic hydroxyl groups is 2. The molecule has 0 amide bonds. The lowest BCUT2D eigenvalue weighted by Crippen LogP contribution is -2.58. The molecule has 4 rings (SSSR count). The van der Waals surface area contributed by atoms with Gasteiger partial charge in [-0.25, -0.2) is 9.59 Å². The second kappa shape index (κ2) is 5.95. The van der Waals surface area contributed by atoms with Crippen LogP contribution in [0.5, 0.6) is 0 Å². The molecule has 2 aromatic carbocycles. The number of para-hydroxylation sites is 2. The van der Waals surface area contributed by atoms with Crippen molar-refractivity contribution in [2.24, 2.45) is 0 Å². The van der Waals surface area contributed by atoms with Crippen LogP contribution in [0.2, 0.25) is 0 Å². The molecule has 0 bridgehead atoms. The van der Waals surface area contributed by atoms with Gasteiger partial charge in [0.25, 0.3) is 11.2 Å². The summed E-state index contributed by atoms with van der Waals surface area (Å²) in [6.07, 6.45) is 0. The molecule has 0 radical (unpaired) electrons. The SMILES string of the molecule is O=C(O)C(O)(c1cc2ccccc2o1)C(O)(C(=O)O)c1cc2ccccc2o1. The highest BCUT2D eigenvalue weighted by Crippen LogP contribution is 2.44. The Balaban J connectivity index is 2.01. The van der Waals surface area contributed by atoms with E-state index in [1.807, 2.05) is 0 Å². The van der Waals surface area contributed by atoms with Gasteiger partial charge in [-0.05, 0) is 24.3 Å². The molecule has 2 unspecified atom stereocenters. The Labute approximate surface area is 156 Å². The quantitative estimate of drug-likeness (QED) is 0.412. The van der Waals surface area contributed by atoms with E-state index in [1.54, 1.807) is 36.4 Å². The molecular formula is C20H14O8. The Morgan fingerprint density at radius 3 is 1.36 bits per heavy atom. The molecule has 2 aromatic heterocycles. The van der Waals surface area contributed by atoms with Crippen molar-refractivity contribution in [1.29, 1.82) is 0 Å². The first kappa shape index (κ1) is 17.8. The molecule has 2 atom stereocenters. The summed E-state index contributed by atoms with van der Waals surface area (Å²) < 4.78 is 10.8. The number of rotatable bonds is 5. The lowest BCUT2D eigenvalue weighted by Gasteiger charge is -2.33. The zero-order chi connectivity index (χ0) is 20.1. The molecular weight excluding hydrogens is 368 g/mol. The van der Waals surface area contributed by atoms with E-state index in [2.05, 4.69) is 0 Å². The predicted octanol–water partition coefficient (Wildman–Crippen LogP) is 2.42. The Kier molecular flexibility index (Phi) is 3.77. The van der Waals surface area contributed by atoms with Crippen molar-refractivity contribution >= 4 is 33.9 Å². The fourth-order valence-electron chi connectivity index (χ4n) is 3.20. The third-order valence-corrected chi connectivity index (χ3v) is 4.71. The molecule has 142 valence electrons. The molecule has 0 aliphatic carbocycles. The van der Waals surface area contributed by atoms with Crippen LogP contribution in [0.15, 0.2) is 69.5 Å². The molecule has 4 aromatic rings. The lowest BCUT2D eigenvalue weighted by molar-refractivity contribution is -0.220. The topological polar surface area (TPSA) is 141 Å². The van der Waals surface area contributed by atoms with E-state index in [0.717, 1.165) is 0 Å². The highest BCUT2D eigenvalue weighted by atomic mass is 16.5. The largest absolute Gasteiger partial charge is 0.479 e. The minimum Gasteiger partial charge on any atom is -0.479 e. The van der Waals surface area contributed by atoms with E-state index in [4.69, 9.17) is 8.83 Å². The van der Waals surface area contributed by atoms with Crippen LogP contribution < -0.4 is 0 Å². The number of hydrogen-bond acceptors (Lipinski definition) is 6. The minimum absolute atomic E-state index is 0.217. The number of furan rings is 2. The van der Waals surface area contributed by atoms with Crippen molar-refractivity contribution in [2.75, 3.05) is 0 Å². The van der Waals surface area contributed by atoms with Crippen LogP contribution in [-0.2, 0) is 20.8 Å². The minimum atomic E-state index is -3.37.